The van der Waals surface area contributed by atoms with Gasteiger partial charge in [-0.1, -0.05) is 11.6 Å². The van der Waals surface area contributed by atoms with Crippen LogP contribution in [0.1, 0.15) is 24.3 Å². The fourth-order valence-electron chi connectivity index (χ4n) is 2.41. The summed E-state index contributed by atoms with van der Waals surface area (Å²) in [5.74, 6) is 0.555. The average molecular weight is 390 g/mol. The first kappa shape index (κ1) is 19.2. The van der Waals surface area contributed by atoms with Gasteiger partial charge in [-0.2, -0.15) is 11.3 Å². The van der Waals surface area contributed by atoms with E-state index < -0.39 is 10.0 Å². The highest BCUT2D eigenvalue weighted by Gasteiger charge is 2.17. The molecule has 1 aromatic carbocycles. The third kappa shape index (κ3) is 4.94. The van der Waals surface area contributed by atoms with E-state index in [2.05, 4.69) is 4.72 Å². The van der Waals surface area contributed by atoms with Gasteiger partial charge >= 0.3 is 0 Å². The molecular formula is C16H20ClNO4S2. The molecule has 0 unspecified atom stereocenters. The minimum atomic E-state index is -3.64. The SMILES string of the molecule is COc1ccc(S(=O)(=O)NCC[C@@H](CCO)c2ccsc2)cc1Cl. The maximum Gasteiger partial charge on any atom is 0.240 e. The van der Waals surface area contributed by atoms with Gasteiger partial charge in [0.05, 0.1) is 17.0 Å². The quantitative estimate of drug-likeness (QED) is 0.690. The van der Waals surface area contributed by atoms with E-state index in [0.717, 1.165) is 5.56 Å². The number of rotatable bonds is 9. The minimum absolute atomic E-state index is 0.0708. The van der Waals surface area contributed by atoms with Crippen molar-refractivity contribution < 1.29 is 18.3 Å². The second-order valence-electron chi connectivity index (χ2n) is 5.25. The molecule has 2 rings (SSSR count). The first-order valence-electron chi connectivity index (χ1n) is 7.44. The number of sulfonamides is 1. The monoisotopic (exact) mass is 389 g/mol. The molecule has 0 aliphatic rings. The molecular weight excluding hydrogens is 370 g/mol. The molecule has 0 spiro atoms. The van der Waals surface area contributed by atoms with Gasteiger partial charge < -0.3 is 9.84 Å². The molecule has 5 nitrogen and oxygen atoms in total. The summed E-state index contributed by atoms with van der Waals surface area (Å²) in [7, 11) is -2.17. The molecule has 2 aromatic rings. The van der Waals surface area contributed by atoms with Crippen molar-refractivity contribution in [3.05, 3.63) is 45.6 Å². The number of nitrogens with one attached hydrogen (secondary N) is 1. The summed E-state index contributed by atoms with van der Waals surface area (Å²) in [5.41, 5.74) is 1.13. The van der Waals surface area contributed by atoms with Crippen molar-refractivity contribution in [1.29, 1.82) is 0 Å². The van der Waals surface area contributed by atoms with E-state index in [4.69, 9.17) is 16.3 Å². The number of hydrogen-bond donors (Lipinski definition) is 2. The molecule has 0 saturated carbocycles. The van der Waals surface area contributed by atoms with Crippen molar-refractivity contribution in [2.24, 2.45) is 0 Å². The number of aliphatic hydroxyl groups is 1. The van der Waals surface area contributed by atoms with E-state index in [0.29, 0.717) is 18.6 Å². The molecule has 0 radical (unpaired) electrons. The second-order valence-corrected chi connectivity index (χ2v) is 8.20. The molecule has 1 heterocycles. The predicted molar refractivity (Wildman–Crippen MR) is 96.6 cm³/mol. The largest absolute Gasteiger partial charge is 0.495 e. The van der Waals surface area contributed by atoms with Crippen LogP contribution in [0.15, 0.2) is 39.9 Å². The lowest BCUT2D eigenvalue weighted by Gasteiger charge is -2.15. The summed E-state index contributed by atoms with van der Waals surface area (Å²) < 4.78 is 32.3. The number of methoxy groups -OCH3 is 1. The van der Waals surface area contributed by atoms with E-state index in [9.17, 15) is 13.5 Å². The van der Waals surface area contributed by atoms with Crippen LogP contribution in [-0.2, 0) is 10.0 Å². The van der Waals surface area contributed by atoms with Crippen molar-refractivity contribution >= 4 is 33.0 Å². The van der Waals surface area contributed by atoms with Crippen molar-refractivity contribution in [2.75, 3.05) is 20.3 Å². The van der Waals surface area contributed by atoms with Crippen molar-refractivity contribution in [2.45, 2.75) is 23.7 Å². The van der Waals surface area contributed by atoms with Gasteiger partial charge in [0.25, 0.3) is 0 Å². The zero-order chi connectivity index (χ0) is 17.6. The summed E-state index contributed by atoms with van der Waals surface area (Å²) >= 11 is 7.57. The highest BCUT2D eigenvalue weighted by molar-refractivity contribution is 7.89. The molecule has 24 heavy (non-hydrogen) atoms. The van der Waals surface area contributed by atoms with E-state index in [1.807, 2.05) is 16.8 Å². The smallest absolute Gasteiger partial charge is 0.240 e. The number of aliphatic hydroxyl groups excluding tert-OH is 1. The van der Waals surface area contributed by atoms with E-state index in [-0.39, 0.29) is 29.0 Å². The van der Waals surface area contributed by atoms with Gasteiger partial charge in [0.15, 0.2) is 0 Å². The standard InChI is InChI=1S/C16H20ClNO4S2/c1-22-16-3-2-14(10-15(16)17)24(20,21)18-7-4-12(5-8-19)13-6-9-23-11-13/h2-3,6,9-12,18-19H,4-5,7-8H2,1H3/t12-/m0/s1. The third-order valence-electron chi connectivity index (χ3n) is 3.71. The van der Waals surface area contributed by atoms with Gasteiger partial charge in [-0.05, 0) is 59.3 Å². The van der Waals surface area contributed by atoms with Crippen LogP contribution in [0.2, 0.25) is 5.02 Å². The first-order chi connectivity index (χ1) is 11.5. The molecule has 1 aromatic heterocycles. The molecule has 132 valence electrons. The highest BCUT2D eigenvalue weighted by atomic mass is 35.5. The van der Waals surface area contributed by atoms with E-state index in [1.165, 1.54) is 25.3 Å². The van der Waals surface area contributed by atoms with Crippen molar-refractivity contribution in [3.8, 4) is 5.75 Å². The molecule has 0 aliphatic carbocycles. The predicted octanol–water partition coefficient (Wildman–Crippen LogP) is 3.24. The summed E-state index contributed by atoms with van der Waals surface area (Å²) in [5, 5.41) is 13.4. The number of ether oxygens (including phenoxy) is 1. The molecule has 0 fully saturated rings. The lowest BCUT2D eigenvalue weighted by Crippen LogP contribution is -2.26. The normalized spacial score (nSPS) is 13.0. The summed E-state index contributed by atoms with van der Waals surface area (Å²) in [6, 6.07) is 6.35. The maximum absolute atomic E-state index is 12.4. The molecule has 0 saturated heterocycles. The fourth-order valence-corrected chi connectivity index (χ4v) is 4.54. The Bertz CT molecular complexity index is 747. The Morgan fingerprint density at radius 2 is 2.12 bits per heavy atom. The Balaban J connectivity index is 2.00. The molecule has 8 heteroatoms. The number of benzene rings is 1. The van der Waals surface area contributed by atoms with Crippen molar-refractivity contribution in [1.82, 2.24) is 4.72 Å². The topological polar surface area (TPSA) is 75.6 Å². The Hall–Kier alpha value is -1.12. The number of thiophene rings is 1. The van der Waals surface area contributed by atoms with Crippen LogP contribution in [-0.4, -0.2) is 33.8 Å². The minimum Gasteiger partial charge on any atom is -0.495 e. The highest BCUT2D eigenvalue weighted by Crippen LogP contribution is 2.27. The second kappa shape index (κ2) is 8.82. The Kier molecular flexibility index (Phi) is 7.06. The zero-order valence-electron chi connectivity index (χ0n) is 13.2. The Morgan fingerprint density at radius 3 is 2.71 bits per heavy atom. The summed E-state index contributed by atoms with van der Waals surface area (Å²) in [6.45, 7) is 0.355. The average Bonchev–Trinajstić information content (AvgIpc) is 3.08. The Morgan fingerprint density at radius 1 is 1.33 bits per heavy atom. The van der Waals surface area contributed by atoms with Gasteiger partial charge in [-0.15, -0.1) is 0 Å². The third-order valence-corrected chi connectivity index (χ3v) is 6.17. The van der Waals surface area contributed by atoms with Crippen LogP contribution in [0, 0.1) is 0 Å². The van der Waals surface area contributed by atoms with Gasteiger partial charge in [0.1, 0.15) is 5.75 Å². The van der Waals surface area contributed by atoms with Crippen LogP contribution in [0.4, 0.5) is 0 Å². The van der Waals surface area contributed by atoms with Crippen LogP contribution in [0.3, 0.4) is 0 Å². The maximum atomic E-state index is 12.4. The van der Waals surface area contributed by atoms with Crippen LogP contribution in [0.5, 0.6) is 5.75 Å². The van der Waals surface area contributed by atoms with Gasteiger partial charge in [-0.3, -0.25) is 0 Å². The summed E-state index contributed by atoms with van der Waals surface area (Å²) in [6.07, 6.45) is 1.22. The number of hydrogen-bond acceptors (Lipinski definition) is 5. The molecule has 0 aliphatic heterocycles. The number of halogens is 1. The van der Waals surface area contributed by atoms with Gasteiger partial charge in [0.2, 0.25) is 10.0 Å². The molecule has 0 bridgehead atoms. The fraction of sp³-hybridized carbons (Fsp3) is 0.375. The molecule has 0 amide bonds. The first-order valence-corrected chi connectivity index (χ1v) is 10.2. The van der Waals surface area contributed by atoms with Crippen LogP contribution in [0.25, 0.3) is 0 Å². The lowest BCUT2D eigenvalue weighted by molar-refractivity contribution is 0.273. The molecule has 1 atom stereocenters. The van der Waals surface area contributed by atoms with Gasteiger partial charge in [0, 0.05) is 13.2 Å². The van der Waals surface area contributed by atoms with E-state index >= 15 is 0 Å². The van der Waals surface area contributed by atoms with Crippen molar-refractivity contribution in [3.63, 3.8) is 0 Å². The summed E-state index contributed by atoms with van der Waals surface area (Å²) in [4.78, 5) is 0.0996. The molecule has 2 N–H and O–H groups in total. The van der Waals surface area contributed by atoms with Gasteiger partial charge in [-0.25, -0.2) is 13.1 Å². The van der Waals surface area contributed by atoms with E-state index in [1.54, 1.807) is 11.3 Å². The zero-order valence-corrected chi connectivity index (χ0v) is 15.6. The lowest BCUT2D eigenvalue weighted by atomic mass is 9.95. The Labute approximate surface area is 151 Å². The van der Waals surface area contributed by atoms with Crippen LogP contribution < -0.4 is 9.46 Å². The van der Waals surface area contributed by atoms with Crippen LogP contribution >= 0.6 is 22.9 Å².